The Morgan fingerprint density at radius 1 is 0.765 bits per heavy atom. The van der Waals surface area contributed by atoms with Crippen LogP contribution in [0.25, 0.3) is 0 Å². The molecule has 0 aliphatic rings. The summed E-state index contributed by atoms with van der Waals surface area (Å²) in [6, 6.07) is 14.9. The summed E-state index contributed by atoms with van der Waals surface area (Å²) in [7, 11) is 0. The number of para-hydroxylation sites is 1. The van der Waals surface area contributed by atoms with Crippen molar-refractivity contribution in [2.24, 2.45) is 0 Å². The van der Waals surface area contributed by atoms with Gasteiger partial charge in [0.15, 0.2) is 16.4 Å². The van der Waals surface area contributed by atoms with Gasteiger partial charge in [-0.2, -0.15) is 13.2 Å². The zero-order valence-electron chi connectivity index (χ0n) is 17.1. The van der Waals surface area contributed by atoms with Crippen LogP contribution in [0, 0.1) is 5.82 Å². The predicted molar refractivity (Wildman–Crippen MR) is 109 cm³/mol. The highest BCUT2D eigenvalue weighted by Gasteiger charge is 2.55. The highest BCUT2D eigenvalue weighted by molar-refractivity contribution is 6.24. The van der Waals surface area contributed by atoms with Gasteiger partial charge in [0.25, 0.3) is 0 Å². The third kappa shape index (κ3) is 6.54. The lowest BCUT2D eigenvalue weighted by atomic mass is 9.98. The van der Waals surface area contributed by atoms with Gasteiger partial charge in [-0.05, 0) is 47.5 Å². The molecule has 3 nitrogen and oxygen atoms in total. The summed E-state index contributed by atoms with van der Waals surface area (Å²) in [4.78, 5) is -3.05. The van der Waals surface area contributed by atoms with Gasteiger partial charge in [0.05, 0.1) is 13.2 Å². The van der Waals surface area contributed by atoms with E-state index in [4.69, 9.17) is 21.1 Å². The van der Waals surface area contributed by atoms with Gasteiger partial charge in [-0.15, -0.1) is 24.8 Å². The fourth-order valence-electron chi connectivity index (χ4n) is 2.89. The van der Waals surface area contributed by atoms with Gasteiger partial charge < -0.3 is 14.2 Å². The fraction of sp³-hybridized carbons (Fsp3) is 0.217. The van der Waals surface area contributed by atoms with Gasteiger partial charge in [0.2, 0.25) is 0 Å². The average molecular weight is 509 g/mol. The molecule has 0 saturated carbocycles. The summed E-state index contributed by atoms with van der Waals surface area (Å²) in [5.41, 5.74) is -0.231. The van der Waals surface area contributed by atoms with Crippen LogP contribution in [-0.4, -0.2) is 19.1 Å². The molecule has 1 atom stereocenters. The van der Waals surface area contributed by atoms with E-state index in [9.17, 15) is 30.7 Å². The lowest BCUT2D eigenvalue weighted by Crippen LogP contribution is -2.41. The Morgan fingerprint density at radius 2 is 1.41 bits per heavy atom. The molecule has 11 heteroatoms. The monoisotopic (exact) mass is 508 g/mol. The normalized spacial score (nSPS) is 13.9. The zero-order valence-corrected chi connectivity index (χ0v) is 17.8. The topological polar surface area (TPSA) is 27.7 Å². The molecular formula is C23H16ClF7O3. The first-order valence-electron chi connectivity index (χ1n) is 9.58. The number of ether oxygens (including phenoxy) is 3. The molecule has 182 valence electrons. The maximum Gasteiger partial charge on any atom is 0.573 e. The number of hydrogen-bond donors (Lipinski definition) is 0. The quantitative estimate of drug-likeness (QED) is 0.230. The summed E-state index contributed by atoms with van der Waals surface area (Å²) >= 11 is 5.86. The smallest absolute Gasteiger partial charge is 0.454 e. The van der Waals surface area contributed by atoms with E-state index in [1.807, 2.05) is 0 Å². The highest BCUT2D eigenvalue weighted by Crippen LogP contribution is 2.45. The molecule has 3 rings (SSSR count). The number of alkyl halides is 7. The molecule has 3 aromatic carbocycles. The summed E-state index contributed by atoms with van der Waals surface area (Å²) < 4.78 is 106. The Labute approximate surface area is 194 Å². The van der Waals surface area contributed by atoms with Crippen molar-refractivity contribution in [2.45, 2.75) is 24.0 Å². The van der Waals surface area contributed by atoms with Gasteiger partial charge >= 0.3 is 12.5 Å². The SMILES string of the molecule is Fc1ccc(COCC(Cl)(c2ccc(OC(F)(F)F)cc2)C(F)(F)F)cc1Oc1ccccc1. The third-order valence-corrected chi connectivity index (χ3v) is 5.07. The number of rotatable bonds is 8. The molecule has 0 aromatic heterocycles. The molecule has 0 heterocycles. The van der Waals surface area contributed by atoms with Crippen molar-refractivity contribution >= 4 is 11.6 Å². The molecule has 0 amide bonds. The second-order valence-corrected chi connectivity index (χ2v) is 7.69. The Balaban J connectivity index is 1.72. The van der Waals surface area contributed by atoms with Crippen LogP contribution in [-0.2, 0) is 16.2 Å². The minimum absolute atomic E-state index is 0.152. The van der Waals surface area contributed by atoms with Gasteiger partial charge in [0, 0.05) is 0 Å². The molecule has 0 bridgehead atoms. The number of halogens is 8. The summed E-state index contributed by atoms with van der Waals surface area (Å²) in [5.74, 6) is -1.18. The Morgan fingerprint density at radius 3 is 2.00 bits per heavy atom. The van der Waals surface area contributed by atoms with Crippen molar-refractivity contribution < 1.29 is 44.9 Å². The fourth-order valence-corrected chi connectivity index (χ4v) is 3.09. The van der Waals surface area contributed by atoms with Crippen molar-refractivity contribution in [1.29, 1.82) is 0 Å². The van der Waals surface area contributed by atoms with Gasteiger partial charge in [0.1, 0.15) is 11.5 Å². The van der Waals surface area contributed by atoms with Crippen LogP contribution in [0.2, 0.25) is 0 Å². The van der Waals surface area contributed by atoms with Crippen LogP contribution in [0.5, 0.6) is 17.2 Å². The Kier molecular flexibility index (Phi) is 7.62. The maximum atomic E-state index is 14.1. The lowest BCUT2D eigenvalue weighted by molar-refractivity contribution is -0.274. The molecule has 0 fully saturated rings. The van der Waals surface area contributed by atoms with Gasteiger partial charge in [-0.3, -0.25) is 0 Å². The van der Waals surface area contributed by atoms with Crippen LogP contribution in [0.4, 0.5) is 30.7 Å². The lowest BCUT2D eigenvalue weighted by Gasteiger charge is -2.30. The van der Waals surface area contributed by atoms with Gasteiger partial charge in [-0.1, -0.05) is 36.4 Å². The standard InChI is InChI=1S/C23H16ClF7O3/c24-21(22(26,27)28,16-7-9-18(10-8-16)34-23(29,30)31)14-32-13-15-6-11-19(25)20(12-15)33-17-4-2-1-3-5-17/h1-12H,13-14H2. The van der Waals surface area contributed by atoms with Gasteiger partial charge in [-0.25, -0.2) is 4.39 Å². The minimum Gasteiger partial charge on any atom is -0.454 e. The molecule has 0 N–H and O–H groups in total. The number of benzene rings is 3. The summed E-state index contributed by atoms with van der Waals surface area (Å²) in [5, 5.41) is 0. The van der Waals surface area contributed by atoms with E-state index in [1.165, 1.54) is 12.1 Å². The van der Waals surface area contributed by atoms with Crippen LogP contribution in [0.15, 0.2) is 72.8 Å². The molecule has 0 aliphatic heterocycles. The van der Waals surface area contributed by atoms with Crippen molar-refractivity contribution in [3.8, 4) is 17.2 Å². The molecular weight excluding hydrogens is 493 g/mol. The Bertz CT molecular complexity index is 1090. The van der Waals surface area contributed by atoms with E-state index in [0.29, 0.717) is 11.3 Å². The van der Waals surface area contributed by atoms with Crippen molar-refractivity contribution in [3.63, 3.8) is 0 Å². The minimum atomic E-state index is -5.01. The van der Waals surface area contributed by atoms with E-state index < -0.39 is 41.1 Å². The molecule has 0 aliphatic carbocycles. The van der Waals surface area contributed by atoms with Crippen LogP contribution < -0.4 is 9.47 Å². The number of hydrogen-bond acceptors (Lipinski definition) is 3. The van der Waals surface area contributed by atoms with Crippen LogP contribution in [0.3, 0.4) is 0 Å². The second kappa shape index (κ2) is 10.1. The maximum absolute atomic E-state index is 14.1. The largest absolute Gasteiger partial charge is 0.573 e. The molecule has 0 radical (unpaired) electrons. The second-order valence-electron chi connectivity index (χ2n) is 7.04. The van der Waals surface area contributed by atoms with E-state index in [1.54, 1.807) is 30.3 Å². The molecule has 0 saturated heterocycles. The zero-order chi connectivity index (χ0) is 25.0. The first-order chi connectivity index (χ1) is 15.9. The summed E-state index contributed by atoms with van der Waals surface area (Å²) in [6.07, 6.45) is -10.0. The Hall–Kier alpha value is -2.98. The molecule has 0 spiro atoms. The molecule has 1 unspecified atom stereocenters. The molecule has 34 heavy (non-hydrogen) atoms. The van der Waals surface area contributed by atoms with Crippen LogP contribution in [0.1, 0.15) is 11.1 Å². The van der Waals surface area contributed by atoms with Crippen molar-refractivity contribution in [2.75, 3.05) is 6.61 Å². The summed E-state index contributed by atoms with van der Waals surface area (Å²) in [6.45, 7) is -1.44. The van der Waals surface area contributed by atoms with E-state index in [-0.39, 0.29) is 12.4 Å². The van der Waals surface area contributed by atoms with E-state index in [0.717, 1.165) is 30.3 Å². The van der Waals surface area contributed by atoms with Crippen molar-refractivity contribution in [3.05, 3.63) is 89.7 Å². The average Bonchev–Trinajstić information content (AvgIpc) is 2.75. The van der Waals surface area contributed by atoms with Crippen LogP contribution >= 0.6 is 11.6 Å². The first-order valence-corrected chi connectivity index (χ1v) is 9.96. The predicted octanol–water partition coefficient (Wildman–Crippen LogP) is 7.73. The van der Waals surface area contributed by atoms with E-state index in [2.05, 4.69) is 4.74 Å². The van der Waals surface area contributed by atoms with Crippen molar-refractivity contribution in [1.82, 2.24) is 0 Å². The highest BCUT2D eigenvalue weighted by atomic mass is 35.5. The first kappa shape index (κ1) is 25.6. The third-order valence-electron chi connectivity index (χ3n) is 4.53. The molecule has 3 aromatic rings. The van der Waals surface area contributed by atoms with E-state index >= 15 is 0 Å².